The minimum Gasteiger partial charge on any atom is -0.350 e. The summed E-state index contributed by atoms with van der Waals surface area (Å²) in [6.07, 6.45) is 6.21. The summed E-state index contributed by atoms with van der Waals surface area (Å²) in [6.45, 7) is 4.14. The zero-order valence-electron chi connectivity index (χ0n) is 9.68. The van der Waals surface area contributed by atoms with E-state index in [-0.39, 0.29) is 17.9 Å². The van der Waals surface area contributed by atoms with Gasteiger partial charge in [-0.25, -0.2) is 0 Å². The summed E-state index contributed by atoms with van der Waals surface area (Å²) in [5.74, 6) is 0.418. The van der Waals surface area contributed by atoms with E-state index in [0.717, 1.165) is 0 Å². The second-order valence-electron chi connectivity index (χ2n) is 4.94. The molecule has 15 heavy (non-hydrogen) atoms. The second-order valence-corrected chi connectivity index (χ2v) is 4.94. The highest BCUT2D eigenvalue weighted by Crippen LogP contribution is 2.32. The lowest BCUT2D eigenvalue weighted by molar-refractivity contribution is -0.122. The number of hydrogen-bond donors (Lipinski definition) is 1. The van der Waals surface area contributed by atoms with Gasteiger partial charge in [0.25, 0.3) is 0 Å². The largest absolute Gasteiger partial charge is 0.350 e. The second kappa shape index (κ2) is 5.16. The van der Waals surface area contributed by atoms with Gasteiger partial charge in [-0.2, -0.15) is 5.26 Å². The van der Waals surface area contributed by atoms with Crippen LogP contribution in [0.25, 0.3) is 0 Å². The van der Waals surface area contributed by atoms with E-state index in [1.807, 2.05) is 6.07 Å². The predicted octanol–water partition coefficient (Wildman–Crippen LogP) is 2.38. The van der Waals surface area contributed by atoms with Crippen molar-refractivity contribution in [2.24, 2.45) is 5.92 Å². The van der Waals surface area contributed by atoms with Crippen LogP contribution in [0.4, 0.5) is 0 Å². The number of nitrogens with zero attached hydrogens (tertiary/aromatic N) is 1. The Morgan fingerprint density at radius 3 is 2.53 bits per heavy atom. The average molecular weight is 208 g/mol. The van der Waals surface area contributed by atoms with Crippen LogP contribution in [-0.4, -0.2) is 11.4 Å². The molecule has 1 amide bonds. The molecule has 1 N–H and O–H groups in total. The van der Waals surface area contributed by atoms with E-state index in [1.54, 1.807) is 0 Å². The van der Waals surface area contributed by atoms with Gasteiger partial charge in [0.1, 0.15) is 6.42 Å². The van der Waals surface area contributed by atoms with E-state index >= 15 is 0 Å². The number of rotatable bonds is 3. The number of carbonyl (C=O) groups is 1. The molecule has 0 aromatic rings. The fourth-order valence-electron chi connectivity index (χ4n) is 2.40. The first-order chi connectivity index (χ1) is 7.06. The van der Waals surface area contributed by atoms with Gasteiger partial charge in [0.2, 0.25) is 5.91 Å². The lowest BCUT2D eigenvalue weighted by Gasteiger charge is -2.37. The van der Waals surface area contributed by atoms with Gasteiger partial charge in [0, 0.05) is 5.54 Å². The first-order valence-corrected chi connectivity index (χ1v) is 5.74. The Morgan fingerprint density at radius 2 is 2.00 bits per heavy atom. The number of carbonyl (C=O) groups excluding carboxylic acids is 1. The minimum atomic E-state index is -0.158. The Labute approximate surface area is 91.9 Å². The summed E-state index contributed by atoms with van der Waals surface area (Å²) in [5, 5.41) is 11.4. The molecule has 0 bridgehead atoms. The quantitative estimate of drug-likeness (QED) is 0.774. The summed E-state index contributed by atoms with van der Waals surface area (Å²) in [5.41, 5.74) is -0.158. The molecular weight excluding hydrogens is 188 g/mol. The van der Waals surface area contributed by atoms with Crippen LogP contribution in [0.5, 0.6) is 0 Å². The molecule has 1 saturated carbocycles. The maximum absolute atomic E-state index is 11.4. The predicted molar refractivity (Wildman–Crippen MR) is 59.0 cm³/mol. The highest BCUT2D eigenvalue weighted by molar-refractivity contribution is 5.78. The standard InChI is InChI=1S/C12H20N2O/c1-12(2,14-11(15)8-9-13)10-6-4-3-5-7-10/h10H,3-8H2,1-2H3,(H,14,15). The fraction of sp³-hybridized carbons (Fsp3) is 0.833. The van der Waals surface area contributed by atoms with Crippen LogP contribution in [0.2, 0.25) is 0 Å². The molecule has 0 atom stereocenters. The summed E-state index contributed by atoms with van der Waals surface area (Å²) in [6, 6.07) is 1.88. The van der Waals surface area contributed by atoms with Gasteiger partial charge >= 0.3 is 0 Å². The van der Waals surface area contributed by atoms with Crippen molar-refractivity contribution in [1.82, 2.24) is 5.32 Å². The highest BCUT2D eigenvalue weighted by Gasteiger charge is 2.31. The third-order valence-corrected chi connectivity index (χ3v) is 3.33. The normalized spacial score (nSPS) is 18.2. The van der Waals surface area contributed by atoms with E-state index in [2.05, 4.69) is 19.2 Å². The summed E-state index contributed by atoms with van der Waals surface area (Å²) in [7, 11) is 0. The average Bonchev–Trinajstić information content (AvgIpc) is 2.18. The minimum absolute atomic E-state index is 0.0316. The van der Waals surface area contributed by atoms with Crippen LogP contribution >= 0.6 is 0 Å². The van der Waals surface area contributed by atoms with Crippen molar-refractivity contribution < 1.29 is 4.79 Å². The monoisotopic (exact) mass is 208 g/mol. The van der Waals surface area contributed by atoms with Crippen LogP contribution in [0.3, 0.4) is 0 Å². The van der Waals surface area contributed by atoms with Crippen molar-refractivity contribution in [3.05, 3.63) is 0 Å². The van der Waals surface area contributed by atoms with Gasteiger partial charge in [0.05, 0.1) is 6.07 Å². The molecule has 3 heteroatoms. The van der Waals surface area contributed by atoms with Crippen LogP contribution in [-0.2, 0) is 4.79 Å². The molecule has 0 radical (unpaired) electrons. The molecule has 1 aliphatic carbocycles. The van der Waals surface area contributed by atoms with Crippen LogP contribution in [0, 0.1) is 17.2 Å². The van der Waals surface area contributed by atoms with Crippen molar-refractivity contribution in [3.8, 4) is 6.07 Å². The fourth-order valence-corrected chi connectivity index (χ4v) is 2.40. The first-order valence-electron chi connectivity index (χ1n) is 5.74. The molecule has 1 rings (SSSR count). The van der Waals surface area contributed by atoms with Gasteiger partial charge in [-0.3, -0.25) is 4.79 Å². The SMILES string of the molecule is CC(C)(NC(=O)CC#N)C1CCCCC1. The molecule has 0 aromatic heterocycles. The van der Waals surface area contributed by atoms with E-state index < -0.39 is 0 Å². The molecule has 1 fully saturated rings. The zero-order valence-corrected chi connectivity index (χ0v) is 9.68. The summed E-state index contributed by atoms with van der Waals surface area (Å²) >= 11 is 0. The molecular formula is C12H20N2O. The van der Waals surface area contributed by atoms with Gasteiger partial charge in [-0.05, 0) is 32.6 Å². The van der Waals surface area contributed by atoms with Gasteiger partial charge in [0.15, 0.2) is 0 Å². The molecule has 0 heterocycles. The Morgan fingerprint density at radius 1 is 1.40 bits per heavy atom. The van der Waals surface area contributed by atoms with E-state index in [1.165, 1.54) is 32.1 Å². The van der Waals surface area contributed by atoms with Crippen LogP contribution < -0.4 is 5.32 Å². The van der Waals surface area contributed by atoms with Crippen molar-refractivity contribution >= 4 is 5.91 Å². The molecule has 3 nitrogen and oxygen atoms in total. The Balaban J connectivity index is 2.49. The van der Waals surface area contributed by atoms with Crippen molar-refractivity contribution in [3.63, 3.8) is 0 Å². The Bertz CT molecular complexity index is 259. The van der Waals surface area contributed by atoms with E-state index in [4.69, 9.17) is 5.26 Å². The van der Waals surface area contributed by atoms with Crippen molar-refractivity contribution in [1.29, 1.82) is 5.26 Å². The molecule has 1 aliphatic rings. The van der Waals surface area contributed by atoms with Gasteiger partial charge < -0.3 is 5.32 Å². The maximum atomic E-state index is 11.4. The lowest BCUT2D eigenvalue weighted by atomic mass is 9.76. The lowest BCUT2D eigenvalue weighted by Crippen LogP contribution is -2.49. The topological polar surface area (TPSA) is 52.9 Å². The molecule has 84 valence electrons. The van der Waals surface area contributed by atoms with E-state index in [0.29, 0.717) is 5.92 Å². The highest BCUT2D eigenvalue weighted by atomic mass is 16.1. The van der Waals surface area contributed by atoms with Crippen molar-refractivity contribution in [2.75, 3.05) is 0 Å². The first kappa shape index (κ1) is 12.0. The smallest absolute Gasteiger partial charge is 0.234 e. The Kier molecular flexibility index (Phi) is 4.14. The van der Waals surface area contributed by atoms with Crippen molar-refractivity contribution in [2.45, 2.75) is 57.9 Å². The van der Waals surface area contributed by atoms with E-state index in [9.17, 15) is 4.79 Å². The van der Waals surface area contributed by atoms with Crippen LogP contribution in [0.1, 0.15) is 52.4 Å². The molecule has 0 saturated heterocycles. The number of amides is 1. The molecule has 0 aliphatic heterocycles. The van der Waals surface area contributed by atoms with Gasteiger partial charge in [-0.15, -0.1) is 0 Å². The number of nitriles is 1. The Hall–Kier alpha value is -1.04. The zero-order chi connectivity index (χ0) is 11.3. The number of hydrogen-bond acceptors (Lipinski definition) is 2. The third-order valence-electron chi connectivity index (χ3n) is 3.33. The third kappa shape index (κ3) is 3.54. The molecule has 0 unspecified atom stereocenters. The number of nitrogens with one attached hydrogen (secondary N) is 1. The summed E-state index contributed by atoms with van der Waals surface area (Å²) in [4.78, 5) is 11.4. The van der Waals surface area contributed by atoms with Crippen LogP contribution in [0.15, 0.2) is 0 Å². The van der Waals surface area contributed by atoms with Gasteiger partial charge in [-0.1, -0.05) is 19.3 Å². The maximum Gasteiger partial charge on any atom is 0.234 e. The summed E-state index contributed by atoms with van der Waals surface area (Å²) < 4.78 is 0. The molecule has 0 spiro atoms. The molecule has 0 aromatic carbocycles.